The highest BCUT2D eigenvalue weighted by molar-refractivity contribution is 9.10. The van der Waals surface area contributed by atoms with Gasteiger partial charge in [0.1, 0.15) is 0 Å². The molecule has 0 saturated carbocycles. The molecule has 0 bridgehead atoms. The Bertz CT molecular complexity index is 496. The maximum absolute atomic E-state index is 6.33. The van der Waals surface area contributed by atoms with E-state index in [1.165, 1.54) is 39.0 Å². The second-order valence-corrected chi connectivity index (χ2v) is 7.52. The molecule has 0 aliphatic carbocycles. The zero-order valence-electron chi connectivity index (χ0n) is 12.3. The molecule has 116 valence electrons. The Kier molecular flexibility index (Phi) is 5.23. The highest BCUT2D eigenvalue weighted by Crippen LogP contribution is 2.28. The summed E-state index contributed by atoms with van der Waals surface area (Å²) in [6.07, 6.45) is 3.70. The Morgan fingerprint density at radius 2 is 2.19 bits per heavy atom. The van der Waals surface area contributed by atoms with Crippen LogP contribution in [0.15, 0.2) is 22.7 Å². The van der Waals surface area contributed by atoms with Gasteiger partial charge in [0.2, 0.25) is 0 Å². The third-order valence-electron chi connectivity index (χ3n) is 4.79. The summed E-state index contributed by atoms with van der Waals surface area (Å²) in [7, 11) is 0. The first-order valence-corrected chi connectivity index (χ1v) is 8.97. The zero-order valence-corrected chi connectivity index (χ0v) is 14.6. The van der Waals surface area contributed by atoms with Crippen LogP contribution in [0.4, 0.5) is 0 Å². The highest BCUT2D eigenvalue weighted by atomic mass is 79.9. The van der Waals surface area contributed by atoms with Gasteiger partial charge in [0, 0.05) is 47.8 Å². The van der Waals surface area contributed by atoms with Crippen LogP contribution in [-0.4, -0.2) is 48.6 Å². The number of rotatable bonds is 4. The van der Waals surface area contributed by atoms with Crippen molar-refractivity contribution in [1.82, 2.24) is 9.80 Å². The van der Waals surface area contributed by atoms with E-state index in [1.54, 1.807) is 0 Å². The van der Waals surface area contributed by atoms with Gasteiger partial charge in [-0.25, -0.2) is 0 Å². The Hall–Kier alpha value is -0.130. The molecule has 2 aliphatic heterocycles. The lowest BCUT2D eigenvalue weighted by molar-refractivity contribution is 0.102. The minimum atomic E-state index is 0.0206. The first-order chi connectivity index (χ1) is 10.1. The average Bonchev–Trinajstić information content (AvgIpc) is 2.92. The molecule has 3 rings (SSSR count). The molecule has 1 aromatic carbocycles. The van der Waals surface area contributed by atoms with E-state index >= 15 is 0 Å². The third-order valence-corrected chi connectivity index (χ3v) is 5.61. The summed E-state index contributed by atoms with van der Waals surface area (Å²) in [6.45, 7) is 5.97. The second kappa shape index (κ2) is 6.97. The monoisotopic (exact) mass is 371 g/mol. The van der Waals surface area contributed by atoms with Crippen molar-refractivity contribution >= 4 is 27.5 Å². The summed E-state index contributed by atoms with van der Waals surface area (Å²) in [5.41, 5.74) is 7.39. The summed E-state index contributed by atoms with van der Waals surface area (Å²) in [5.74, 6) is 0. The average molecular weight is 373 g/mol. The predicted molar refractivity (Wildman–Crippen MR) is 91.7 cm³/mol. The van der Waals surface area contributed by atoms with Gasteiger partial charge in [-0.1, -0.05) is 33.6 Å². The van der Waals surface area contributed by atoms with Crippen LogP contribution < -0.4 is 5.73 Å². The molecule has 5 heteroatoms. The molecule has 2 atom stereocenters. The highest BCUT2D eigenvalue weighted by Gasteiger charge is 2.30. The summed E-state index contributed by atoms with van der Waals surface area (Å²) >= 11 is 9.72. The molecule has 21 heavy (non-hydrogen) atoms. The molecule has 3 nitrogen and oxygen atoms in total. The Morgan fingerprint density at radius 3 is 3.00 bits per heavy atom. The van der Waals surface area contributed by atoms with E-state index < -0.39 is 0 Å². The fourth-order valence-corrected chi connectivity index (χ4v) is 4.35. The number of benzene rings is 1. The Morgan fingerprint density at radius 1 is 1.33 bits per heavy atom. The number of hydrogen-bond acceptors (Lipinski definition) is 3. The smallest absolute Gasteiger partial charge is 0.0464 e. The second-order valence-electron chi connectivity index (χ2n) is 6.19. The Balaban J connectivity index is 1.52. The van der Waals surface area contributed by atoms with Gasteiger partial charge in [-0.3, -0.25) is 4.90 Å². The summed E-state index contributed by atoms with van der Waals surface area (Å²) < 4.78 is 1.00. The molecular weight excluding hydrogens is 350 g/mol. The largest absolute Gasteiger partial charge is 0.324 e. The number of halogens is 2. The lowest BCUT2D eigenvalue weighted by atomic mass is 10.0. The minimum Gasteiger partial charge on any atom is -0.324 e. The number of nitrogens with zero attached hydrogens (tertiary/aromatic N) is 2. The van der Waals surface area contributed by atoms with Crippen molar-refractivity contribution in [2.75, 3.05) is 32.7 Å². The van der Waals surface area contributed by atoms with Gasteiger partial charge in [0.15, 0.2) is 0 Å². The first-order valence-electron chi connectivity index (χ1n) is 7.80. The van der Waals surface area contributed by atoms with Gasteiger partial charge in [-0.15, -0.1) is 0 Å². The standard InChI is InChI=1S/C16H23BrClN3/c17-12-3-4-14(15(18)10-12)16(19)5-7-20-8-9-21-6-1-2-13(21)11-20/h3-4,10,13,16H,1-2,5-9,11,19H2. The van der Waals surface area contributed by atoms with E-state index in [0.717, 1.165) is 34.1 Å². The van der Waals surface area contributed by atoms with Crippen LogP contribution in [0, 0.1) is 0 Å². The lowest BCUT2D eigenvalue weighted by Crippen LogP contribution is -2.50. The predicted octanol–water partition coefficient (Wildman–Crippen LogP) is 3.27. The molecule has 2 N–H and O–H groups in total. The number of fused-ring (bicyclic) bond motifs is 1. The van der Waals surface area contributed by atoms with Crippen molar-refractivity contribution in [1.29, 1.82) is 0 Å². The summed E-state index contributed by atoms with van der Waals surface area (Å²) in [5, 5.41) is 0.762. The van der Waals surface area contributed by atoms with Gasteiger partial charge >= 0.3 is 0 Å². The van der Waals surface area contributed by atoms with Crippen molar-refractivity contribution in [3.63, 3.8) is 0 Å². The van der Waals surface area contributed by atoms with Crippen LogP contribution in [0.25, 0.3) is 0 Å². The molecule has 2 aliphatic rings. The summed E-state index contributed by atoms with van der Waals surface area (Å²) in [4.78, 5) is 5.21. The van der Waals surface area contributed by atoms with Gasteiger partial charge in [0.25, 0.3) is 0 Å². The Labute approximate surface area is 140 Å². The SMILES string of the molecule is NC(CCN1CCN2CCCC2C1)c1ccc(Br)cc1Cl. The van der Waals surface area contributed by atoms with E-state index in [-0.39, 0.29) is 6.04 Å². The lowest BCUT2D eigenvalue weighted by Gasteiger charge is -2.37. The molecule has 2 heterocycles. The van der Waals surface area contributed by atoms with E-state index in [9.17, 15) is 0 Å². The van der Waals surface area contributed by atoms with E-state index in [0.29, 0.717) is 0 Å². The van der Waals surface area contributed by atoms with Gasteiger partial charge in [-0.05, 0) is 43.5 Å². The molecule has 2 fully saturated rings. The molecule has 0 amide bonds. The number of piperazine rings is 1. The van der Waals surface area contributed by atoms with Crippen molar-refractivity contribution < 1.29 is 0 Å². The van der Waals surface area contributed by atoms with Crippen molar-refractivity contribution in [2.24, 2.45) is 5.73 Å². The maximum Gasteiger partial charge on any atom is 0.0464 e. The van der Waals surface area contributed by atoms with Crippen LogP contribution in [-0.2, 0) is 0 Å². The van der Waals surface area contributed by atoms with Crippen molar-refractivity contribution in [2.45, 2.75) is 31.3 Å². The number of hydrogen-bond donors (Lipinski definition) is 1. The minimum absolute atomic E-state index is 0.0206. The quantitative estimate of drug-likeness (QED) is 0.880. The van der Waals surface area contributed by atoms with Crippen LogP contribution in [0.5, 0.6) is 0 Å². The fraction of sp³-hybridized carbons (Fsp3) is 0.625. The molecule has 0 radical (unpaired) electrons. The zero-order chi connectivity index (χ0) is 14.8. The van der Waals surface area contributed by atoms with Crippen LogP contribution in [0.1, 0.15) is 30.9 Å². The van der Waals surface area contributed by atoms with E-state index in [2.05, 4.69) is 25.7 Å². The molecular formula is C16H23BrClN3. The maximum atomic E-state index is 6.33. The van der Waals surface area contributed by atoms with Crippen LogP contribution in [0.2, 0.25) is 5.02 Å². The molecule has 0 aromatic heterocycles. The fourth-order valence-electron chi connectivity index (χ4n) is 3.54. The first kappa shape index (κ1) is 15.8. The summed E-state index contributed by atoms with van der Waals surface area (Å²) in [6, 6.07) is 6.77. The van der Waals surface area contributed by atoms with Gasteiger partial charge in [-0.2, -0.15) is 0 Å². The molecule has 1 aromatic rings. The van der Waals surface area contributed by atoms with E-state index in [4.69, 9.17) is 17.3 Å². The van der Waals surface area contributed by atoms with Crippen molar-refractivity contribution in [3.8, 4) is 0 Å². The normalized spacial score (nSPS) is 25.0. The molecule has 0 spiro atoms. The number of nitrogens with two attached hydrogens (primary N) is 1. The van der Waals surface area contributed by atoms with Crippen LogP contribution in [0.3, 0.4) is 0 Å². The topological polar surface area (TPSA) is 32.5 Å². The molecule has 2 unspecified atom stereocenters. The van der Waals surface area contributed by atoms with Gasteiger partial charge in [0.05, 0.1) is 0 Å². The van der Waals surface area contributed by atoms with Crippen LogP contribution >= 0.6 is 27.5 Å². The third kappa shape index (κ3) is 3.80. The van der Waals surface area contributed by atoms with Gasteiger partial charge < -0.3 is 10.6 Å². The van der Waals surface area contributed by atoms with E-state index in [1.807, 2.05) is 18.2 Å². The molecule has 2 saturated heterocycles. The van der Waals surface area contributed by atoms with Crippen molar-refractivity contribution in [3.05, 3.63) is 33.3 Å².